The Morgan fingerprint density at radius 3 is 3.00 bits per heavy atom. The Morgan fingerprint density at radius 1 is 1.19 bits per heavy atom. The van der Waals surface area contributed by atoms with Gasteiger partial charge in [0.15, 0.2) is 0 Å². The van der Waals surface area contributed by atoms with Crippen LogP contribution in [0.3, 0.4) is 0 Å². The first-order valence-corrected chi connectivity index (χ1v) is 5.78. The summed E-state index contributed by atoms with van der Waals surface area (Å²) >= 11 is 0. The van der Waals surface area contributed by atoms with E-state index >= 15 is 0 Å². The van der Waals surface area contributed by atoms with Gasteiger partial charge in [-0.3, -0.25) is 0 Å². The number of aryl methyl sites for hydroxylation is 1. The van der Waals surface area contributed by atoms with Gasteiger partial charge in [-0.1, -0.05) is 18.2 Å². The minimum atomic E-state index is 0.214. The van der Waals surface area contributed by atoms with Crippen molar-refractivity contribution in [2.75, 3.05) is 19.7 Å². The molecule has 0 saturated carbocycles. The van der Waals surface area contributed by atoms with E-state index in [1.54, 1.807) is 0 Å². The number of H-pyrrole nitrogens is 1. The van der Waals surface area contributed by atoms with E-state index in [1.165, 1.54) is 16.5 Å². The molecule has 1 heterocycles. The number of rotatable bonds is 6. The molecule has 0 saturated heterocycles. The summed E-state index contributed by atoms with van der Waals surface area (Å²) in [6.07, 6.45) is 4.15. The molecule has 0 amide bonds. The van der Waals surface area contributed by atoms with Crippen molar-refractivity contribution in [3.05, 3.63) is 36.0 Å². The van der Waals surface area contributed by atoms with E-state index in [-0.39, 0.29) is 6.61 Å². The summed E-state index contributed by atoms with van der Waals surface area (Å²) in [5.41, 5.74) is 2.62. The molecular weight excluding hydrogens is 200 g/mol. The molecule has 3 N–H and O–H groups in total. The number of benzene rings is 1. The van der Waals surface area contributed by atoms with Crippen LogP contribution in [0.2, 0.25) is 0 Å². The maximum Gasteiger partial charge on any atom is 0.0555 e. The molecule has 16 heavy (non-hydrogen) atoms. The third-order valence-corrected chi connectivity index (χ3v) is 2.76. The predicted octanol–water partition coefficient (Wildman–Crippen LogP) is 1.68. The number of aromatic nitrogens is 1. The van der Waals surface area contributed by atoms with Crippen LogP contribution in [0.5, 0.6) is 0 Å². The highest BCUT2D eigenvalue weighted by Crippen LogP contribution is 2.17. The number of nitrogens with one attached hydrogen (secondary N) is 2. The van der Waals surface area contributed by atoms with Crippen molar-refractivity contribution in [3.8, 4) is 0 Å². The van der Waals surface area contributed by atoms with Gasteiger partial charge in [-0.15, -0.1) is 0 Å². The quantitative estimate of drug-likeness (QED) is 0.646. The van der Waals surface area contributed by atoms with Gasteiger partial charge < -0.3 is 15.4 Å². The molecule has 1 aromatic heterocycles. The summed E-state index contributed by atoms with van der Waals surface area (Å²) in [5, 5.41) is 13.1. The Kier molecular flexibility index (Phi) is 3.97. The molecule has 2 rings (SSSR count). The van der Waals surface area contributed by atoms with Gasteiger partial charge >= 0.3 is 0 Å². The van der Waals surface area contributed by atoms with Crippen LogP contribution < -0.4 is 5.32 Å². The van der Waals surface area contributed by atoms with E-state index in [1.807, 2.05) is 6.20 Å². The Balaban J connectivity index is 1.91. The second-order valence-electron chi connectivity index (χ2n) is 3.94. The predicted molar refractivity (Wildman–Crippen MR) is 66.6 cm³/mol. The Bertz CT molecular complexity index is 436. The highest BCUT2D eigenvalue weighted by molar-refractivity contribution is 5.82. The highest BCUT2D eigenvalue weighted by atomic mass is 16.3. The van der Waals surface area contributed by atoms with E-state index in [9.17, 15) is 0 Å². The van der Waals surface area contributed by atoms with Crippen LogP contribution >= 0.6 is 0 Å². The molecule has 0 aliphatic carbocycles. The summed E-state index contributed by atoms with van der Waals surface area (Å²) in [6.45, 7) is 1.86. The maximum atomic E-state index is 8.63. The molecule has 0 spiro atoms. The van der Waals surface area contributed by atoms with Crippen molar-refractivity contribution in [2.24, 2.45) is 0 Å². The molecule has 0 bridgehead atoms. The largest absolute Gasteiger partial charge is 0.395 e. The van der Waals surface area contributed by atoms with Crippen LogP contribution in [-0.4, -0.2) is 29.8 Å². The molecule has 3 nitrogen and oxygen atoms in total. The fourth-order valence-electron chi connectivity index (χ4n) is 1.97. The summed E-state index contributed by atoms with van der Waals surface area (Å²) in [6, 6.07) is 8.50. The zero-order valence-electron chi connectivity index (χ0n) is 9.37. The number of para-hydroxylation sites is 1. The molecule has 0 aliphatic heterocycles. The third kappa shape index (κ3) is 2.62. The number of aliphatic hydroxyl groups is 1. The molecule has 0 fully saturated rings. The van der Waals surface area contributed by atoms with Gasteiger partial charge in [-0.05, 0) is 36.4 Å². The molecule has 0 unspecified atom stereocenters. The minimum Gasteiger partial charge on any atom is -0.395 e. The summed E-state index contributed by atoms with van der Waals surface area (Å²) in [4.78, 5) is 3.28. The third-order valence-electron chi connectivity index (χ3n) is 2.76. The van der Waals surface area contributed by atoms with Crippen LogP contribution in [0, 0.1) is 0 Å². The lowest BCUT2D eigenvalue weighted by Crippen LogP contribution is -2.19. The highest BCUT2D eigenvalue weighted by Gasteiger charge is 2.00. The summed E-state index contributed by atoms with van der Waals surface area (Å²) < 4.78 is 0. The molecule has 1 aromatic carbocycles. The van der Waals surface area contributed by atoms with Gasteiger partial charge in [0, 0.05) is 18.3 Å². The van der Waals surface area contributed by atoms with Gasteiger partial charge in [0.1, 0.15) is 0 Å². The van der Waals surface area contributed by atoms with Crippen molar-refractivity contribution >= 4 is 10.9 Å². The molecule has 3 heteroatoms. The Hall–Kier alpha value is -1.32. The van der Waals surface area contributed by atoms with Gasteiger partial charge in [0.2, 0.25) is 0 Å². The SMILES string of the molecule is OCCNCCCc1cccc2cc[nH]c12. The van der Waals surface area contributed by atoms with E-state index in [0.717, 1.165) is 19.4 Å². The first kappa shape index (κ1) is 11.2. The average molecular weight is 218 g/mol. The van der Waals surface area contributed by atoms with Crippen molar-refractivity contribution in [3.63, 3.8) is 0 Å². The maximum absolute atomic E-state index is 8.63. The van der Waals surface area contributed by atoms with E-state index in [0.29, 0.717) is 6.54 Å². The minimum absolute atomic E-state index is 0.214. The van der Waals surface area contributed by atoms with E-state index < -0.39 is 0 Å². The zero-order chi connectivity index (χ0) is 11.2. The smallest absolute Gasteiger partial charge is 0.0555 e. The second-order valence-corrected chi connectivity index (χ2v) is 3.94. The topological polar surface area (TPSA) is 48.0 Å². The van der Waals surface area contributed by atoms with Crippen LogP contribution in [0.25, 0.3) is 10.9 Å². The van der Waals surface area contributed by atoms with Crippen LogP contribution in [0.4, 0.5) is 0 Å². The van der Waals surface area contributed by atoms with Gasteiger partial charge in [0.05, 0.1) is 6.61 Å². The molecule has 0 atom stereocenters. The van der Waals surface area contributed by atoms with E-state index in [4.69, 9.17) is 5.11 Å². The van der Waals surface area contributed by atoms with Crippen LogP contribution in [0.15, 0.2) is 30.5 Å². The van der Waals surface area contributed by atoms with Gasteiger partial charge in [-0.25, -0.2) is 0 Å². The van der Waals surface area contributed by atoms with Crippen molar-refractivity contribution in [1.29, 1.82) is 0 Å². The summed E-state index contributed by atoms with van der Waals surface area (Å²) in [5.74, 6) is 0. The zero-order valence-corrected chi connectivity index (χ0v) is 9.37. The molecule has 86 valence electrons. The fourth-order valence-corrected chi connectivity index (χ4v) is 1.97. The molecule has 0 radical (unpaired) electrons. The Labute approximate surface area is 95.5 Å². The van der Waals surface area contributed by atoms with Crippen LogP contribution in [0.1, 0.15) is 12.0 Å². The van der Waals surface area contributed by atoms with Crippen molar-refractivity contribution < 1.29 is 5.11 Å². The standard InChI is InChI=1S/C13H18N2O/c16-10-9-14-7-2-5-11-3-1-4-12-6-8-15-13(11)12/h1,3-4,6,8,14-16H,2,5,7,9-10H2. The number of hydrogen-bond donors (Lipinski definition) is 3. The Morgan fingerprint density at radius 2 is 2.12 bits per heavy atom. The van der Waals surface area contributed by atoms with E-state index in [2.05, 4.69) is 34.6 Å². The van der Waals surface area contributed by atoms with Crippen LogP contribution in [-0.2, 0) is 6.42 Å². The second kappa shape index (κ2) is 5.68. The lowest BCUT2D eigenvalue weighted by atomic mass is 10.1. The fraction of sp³-hybridized carbons (Fsp3) is 0.385. The number of aromatic amines is 1. The van der Waals surface area contributed by atoms with Crippen molar-refractivity contribution in [1.82, 2.24) is 10.3 Å². The van der Waals surface area contributed by atoms with Gasteiger partial charge in [-0.2, -0.15) is 0 Å². The first-order valence-electron chi connectivity index (χ1n) is 5.78. The normalized spacial score (nSPS) is 11.1. The average Bonchev–Trinajstić information content (AvgIpc) is 2.77. The lowest BCUT2D eigenvalue weighted by molar-refractivity contribution is 0.292. The summed E-state index contributed by atoms with van der Waals surface area (Å²) in [7, 11) is 0. The first-order chi connectivity index (χ1) is 7.92. The molecular formula is C13H18N2O. The van der Waals surface area contributed by atoms with Crippen molar-refractivity contribution in [2.45, 2.75) is 12.8 Å². The monoisotopic (exact) mass is 218 g/mol. The lowest BCUT2D eigenvalue weighted by Gasteiger charge is -2.04. The number of aliphatic hydroxyl groups excluding tert-OH is 1. The van der Waals surface area contributed by atoms with Gasteiger partial charge in [0.25, 0.3) is 0 Å². The molecule has 0 aliphatic rings. The number of fused-ring (bicyclic) bond motifs is 1. The molecule has 2 aromatic rings. The number of hydrogen-bond acceptors (Lipinski definition) is 2.